The van der Waals surface area contributed by atoms with E-state index in [2.05, 4.69) is 19.2 Å². The summed E-state index contributed by atoms with van der Waals surface area (Å²) in [5.74, 6) is 0.109. The van der Waals surface area contributed by atoms with Gasteiger partial charge in [0.25, 0.3) is 0 Å². The molecule has 17 heavy (non-hydrogen) atoms. The van der Waals surface area contributed by atoms with Crippen LogP contribution in [0.2, 0.25) is 0 Å². The first-order chi connectivity index (χ1) is 8.17. The van der Waals surface area contributed by atoms with E-state index in [9.17, 15) is 4.79 Å². The third-order valence-electron chi connectivity index (χ3n) is 3.38. The molecule has 1 atom stereocenters. The van der Waals surface area contributed by atoms with Crippen molar-refractivity contribution < 1.29 is 9.53 Å². The molecule has 0 spiro atoms. The highest BCUT2D eigenvalue weighted by molar-refractivity contribution is 5.85. The van der Waals surface area contributed by atoms with Crippen molar-refractivity contribution in [2.75, 3.05) is 19.8 Å². The third kappa shape index (κ3) is 3.96. The summed E-state index contributed by atoms with van der Waals surface area (Å²) in [4.78, 5) is 11.8. The number of amides is 1. The Balaban J connectivity index is 2.52. The van der Waals surface area contributed by atoms with Crippen LogP contribution in [0.5, 0.6) is 0 Å². The van der Waals surface area contributed by atoms with Crippen LogP contribution in [-0.4, -0.2) is 31.2 Å². The molecule has 1 unspecified atom stereocenters. The Morgan fingerprint density at radius 1 is 1.41 bits per heavy atom. The lowest BCUT2D eigenvalue weighted by atomic mass is 9.93. The summed E-state index contributed by atoms with van der Waals surface area (Å²) >= 11 is 0. The van der Waals surface area contributed by atoms with Crippen LogP contribution in [0.1, 0.15) is 46.0 Å². The summed E-state index contributed by atoms with van der Waals surface area (Å²) in [6.45, 7) is 6.17. The Morgan fingerprint density at radius 3 is 2.59 bits per heavy atom. The highest BCUT2D eigenvalue weighted by Crippen LogP contribution is 2.40. The topological polar surface area (TPSA) is 64.3 Å². The van der Waals surface area contributed by atoms with Crippen molar-refractivity contribution in [3.63, 3.8) is 0 Å². The molecule has 1 saturated carbocycles. The molecule has 0 aliphatic heterocycles. The standard InChI is InChI=1S/C13H26N2O2/c1-3-5-9-17-10-13(12(14)16,11-6-7-11)15-8-4-2/h11,15H,3-10H2,1-2H3,(H2,14,16). The predicted molar refractivity (Wildman–Crippen MR) is 68.7 cm³/mol. The Hall–Kier alpha value is -0.610. The Morgan fingerprint density at radius 2 is 2.12 bits per heavy atom. The van der Waals surface area contributed by atoms with E-state index in [4.69, 9.17) is 10.5 Å². The van der Waals surface area contributed by atoms with Crippen molar-refractivity contribution in [1.82, 2.24) is 5.32 Å². The summed E-state index contributed by atoms with van der Waals surface area (Å²) in [6.07, 6.45) is 5.30. The molecule has 0 aromatic rings. The largest absolute Gasteiger partial charge is 0.379 e. The van der Waals surface area contributed by atoms with Crippen molar-refractivity contribution in [1.29, 1.82) is 0 Å². The number of nitrogens with one attached hydrogen (secondary N) is 1. The van der Waals surface area contributed by atoms with Crippen molar-refractivity contribution in [3.05, 3.63) is 0 Å². The minimum Gasteiger partial charge on any atom is -0.379 e. The molecular formula is C13H26N2O2. The quantitative estimate of drug-likeness (QED) is 0.570. The van der Waals surface area contributed by atoms with Crippen LogP contribution in [0.15, 0.2) is 0 Å². The maximum atomic E-state index is 11.8. The van der Waals surface area contributed by atoms with E-state index in [0.29, 0.717) is 19.1 Å². The molecule has 1 fully saturated rings. The van der Waals surface area contributed by atoms with Gasteiger partial charge in [0.15, 0.2) is 0 Å². The smallest absolute Gasteiger partial charge is 0.240 e. The number of ether oxygens (including phenoxy) is 1. The number of hydrogen-bond donors (Lipinski definition) is 2. The fourth-order valence-electron chi connectivity index (χ4n) is 2.08. The number of rotatable bonds is 10. The molecule has 1 rings (SSSR count). The average molecular weight is 242 g/mol. The minimum atomic E-state index is -0.621. The Bertz CT molecular complexity index is 242. The van der Waals surface area contributed by atoms with E-state index in [1.807, 2.05) is 0 Å². The average Bonchev–Trinajstić information content (AvgIpc) is 3.12. The second kappa shape index (κ2) is 6.97. The second-order valence-corrected chi connectivity index (χ2v) is 4.94. The fraction of sp³-hybridized carbons (Fsp3) is 0.923. The van der Waals surface area contributed by atoms with Crippen LogP contribution in [-0.2, 0) is 9.53 Å². The maximum absolute atomic E-state index is 11.8. The number of hydrogen-bond acceptors (Lipinski definition) is 3. The van der Waals surface area contributed by atoms with Gasteiger partial charge >= 0.3 is 0 Å². The number of nitrogens with two attached hydrogens (primary N) is 1. The first-order valence-corrected chi connectivity index (χ1v) is 6.80. The zero-order chi connectivity index (χ0) is 12.7. The molecular weight excluding hydrogens is 216 g/mol. The molecule has 4 nitrogen and oxygen atoms in total. The monoisotopic (exact) mass is 242 g/mol. The van der Waals surface area contributed by atoms with Crippen LogP contribution in [0.4, 0.5) is 0 Å². The van der Waals surface area contributed by atoms with Gasteiger partial charge in [-0.25, -0.2) is 0 Å². The molecule has 1 aliphatic rings. The normalized spacial score (nSPS) is 18.9. The maximum Gasteiger partial charge on any atom is 0.240 e. The van der Waals surface area contributed by atoms with Gasteiger partial charge < -0.3 is 15.8 Å². The van der Waals surface area contributed by atoms with Crippen molar-refractivity contribution >= 4 is 5.91 Å². The number of carbonyl (C=O) groups is 1. The van der Waals surface area contributed by atoms with Gasteiger partial charge in [-0.1, -0.05) is 20.3 Å². The van der Waals surface area contributed by atoms with E-state index in [-0.39, 0.29) is 5.91 Å². The van der Waals surface area contributed by atoms with E-state index < -0.39 is 5.54 Å². The molecule has 0 radical (unpaired) electrons. The molecule has 0 heterocycles. The fourth-order valence-corrected chi connectivity index (χ4v) is 2.08. The van der Waals surface area contributed by atoms with E-state index in [1.54, 1.807) is 0 Å². The third-order valence-corrected chi connectivity index (χ3v) is 3.38. The van der Waals surface area contributed by atoms with Crippen molar-refractivity contribution in [2.45, 2.75) is 51.5 Å². The summed E-state index contributed by atoms with van der Waals surface area (Å²) in [6, 6.07) is 0. The minimum absolute atomic E-state index is 0.259. The zero-order valence-corrected chi connectivity index (χ0v) is 11.1. The number of carbonyl (C=O) groups excluding carboxylic acids is 1. The highest BCUT2D eigenvalue weighted by atomic mass is 16.5. The molecule has 0 saturated heterocycles. The molecule has 0 bridgehead atoms. The molecule has 1 amide bonds. The van der Waals surface area contributed by atoms with E-state index in [0.717, 1.165) is 38.6 Å². The SMILES string of the molecule is CCCCOCC(NCCC)(C(N)=O)C1CC1. The van der Waals surface area contributed by atoms with Gasteiger partial charge in [-0.05, 0) is 38.1 Å². The summed E-state index contributed by atoms with van der Waals surface area (Å²) in [5.41, 5.74) is 4.97. The van der Waals surface area contributed by atoms with Gasteiger partial charge in [-0.2, -0.15) is 0 Å². The van der Waals surface area contributed by atoms with Crippen molar-refractivity contribution in [3.8, 4) is 0 Å². The zero-order valence-electron chi connectivity index (χ0n) is 11.1. The van der Waals surface area contributed by atoms with Crippen LogP contribution < -0.4 is 11.1 Å². The lowest BCUT2D eigenvalue weighted by Crippen LogP contribution is -2.60. The van der Waals surface area contributed by atoms with Gasteiger partial charge in [0.2, 0.25) is 5.91 Å². The van der Waals surface area contributed by atoms with E-state index in [1.165, 1.54) is 0 Å². The van der Waals surface area contributed by atoms with Gasteiger partial charge in [0, 0.05) is 6.61 Å². The molecule has 0 aromatic heterocycles. The van der Waals surface area contributed by atoms with Gasteiger partial charge in [-0.3, -0.25) is 4.79 Å². The molecule has 1 aliphatic carbocycles. The lowest BCUT2D eigenvalue weighted by Gasteiger charge is -2.31. The molecule has 3 N–H and O–H groups in total. The van der Waals surface area contributed by atoms with Crippen LogP contribution in [0, 0.1) is 5.92 Å². The predicted octanol–water partition coefficient (Wildman–Crippen LogP) is 1.44. The van der Waals surface area contributed by atoms with Gasteiger partial charge in [0.1, 0.15) is 5.54 Å². The molecule has 4 heteroatoms. The summed E-state index contributed by atoms with van der Waals surface area (Å²) in [7, 11) is 0. The second-order valence-electron chi connectivity index (χ2n) is 4.94. The summed E-state index contributed by atoms with van der Waals surface area (Å²) < 4.78 is 5.64. The first kappa shape index (κ1) is 14.5. The number of unbranched alkanes of at least 4 members (excludes halogenated alkanes) is 1. The number of primary amides is 1. The highest BCUT2D eigenvalue weighted by Gasteiger charge is 2.49. The Labute approximate surface area is 104 Å². The van der Waals surface area contributed by atoms with Gasteiger partial charge in [0.05, 0.1) is 6.61 Å². The first-order valence-electron chi connectivity index (χ1n) is 6.80. The van der Waals surface area contributed by atoms with Crippen LogP contribution >= 0.6 is 0 Å². The van der Waals surface area contributed by atoms with Crippen molar-refractivity contribution in [2.24, 2.45) is 11.7 Å². The van der Waals surface area contributed by atoms with E-state index >= 15 is 0 Å². The summed E-state index contributed by atoms with van der Waals surface area (Å²) in [5, 5.41) is 3.32. The lowest BCUT2D eigenvalue weighted by molar-refractivity contribution is -0.128. The van der Waals surface area contributed by atoms with Crippen LogP contribution in [0.25, 0.3) is 0 Å². The van der Waals surface area contributed by atoms with Crippen LogP contribution in [0.3, 0.4) is 0 Å². The van der Waals surface area contributed by atoms with Gasteiger partial charge in [-0.15, -0.1) is 0 Å². The molecule has 100 valence electrons. The Kier molecular flexibility index (Phi) is 5.92. The molecule has 0 aromatic carbocycles.